The van der Waals surface area contributed by atoms with Crippen LogP contribution in [0.25, 0.3) is 0 Å². The minimum absolute atomic E-state index is 0.510. The SMILES string of the molecule is CCC(C)CC(C)NCc1c(Cl)c(C)nn1C. The molecule has 0 fully saturated rings. The lowest BCUT2D eigenvalue weighted by molar-refractivity contribution is 0.408. The van der Waals surface area contributed by atoms with Gasteiger partial charge in [0, 0.05) is 19.6 Å². The monoisotopic (exact) mass is 257 g/mol. The van der Waals surface area contributed by atoms with E-state index in [2.05, 4.69) is 31.2 Å². The van der Waals surface area contributed by atoms with Crippen molar-refractivity contribution in [1.29, 1.82) is 0 Å². The molecular weight excluding hydrogens is 234 g/mol. The first-order valence-electron chi connectivity index (χ1n) is 6.37. The highest BCUT2D eigenvalue weighted by Crippen LogP contribution is 2.19. The Balaban J connectivity index is 2.50. The van der Waals surface area contributed by atoms with E-state index >= 15 is 0 Å². The Morgan fingerprint density at radius 2 is 2.06 bits per heavy atom. The van der Waals surface area contributed by atoms with E-state index in [4.69, 9.17) is 11.6 Å². The van der Waals surface area contributed by atoms with Gasteiger partial charge in [0.25, 0.3) is 0 Å². The van der Waals surface area contributed by atoms with Crippen LogP contribution in [0.3, 0.4) is 0 Å². The maximum atomic E-state index is 6.21. The van der Waals surface area contributed by atoms with Crippen LogP contribution in [-0.2, 0) is 13.6 Å². The average molecular weight is 258 g/mol. The highest BCUT2D eigenvalue weighted by atomic mass is 35.5. The molecule has 0 saturated carbocycles. The van der Waals surface area contributed by atoms with Gasteiger partial charge in [-0.25, -0.2) is 0 Å². The van der Waals surface area contributed by atoms with E-state index in [0.717, 1.165) is 28.9 Å². The van der Waals surface area contributed by atoms with Crippen molar-refractivity contribution in [1.82, 2.24) is 15.1 Å². The number of halogens is 1. The predicted octanol–water partition coefficient (Wildman–Crippen LogP) is 3.30. The molecule has 17 heavy (non-hydrogen) atoms. The van der Waals surface area contributed by atoms with Gasteiger partial charge in [-0.1, -0.05) is 31.9 Å². The third-order valence-corrected chi connectivity index (χ3v) is 3.82. The molecule has 1 aromatic heterocycles. The van der Waals surface area contributed by atoms with Gasteiger partial charge in [0.2, 0.25) is 0 Å². The average Bonchev–Trinajstić information content (AvgIpc) is 2.51. The summed E-state index contributed by atoms with van der Waals surface area (Å²) in [6, 6.07) is 0.510. The number of hydrogen-bond donors (Lipinski definition) is 1. The second-order valence-electron chi connectivity index (χ2n) is 5.00. The van der Waals surface area contributed by atoms with Crippen LogP contribution in [0, 0.1) is 12.8 Å². The summed E-state index contributed by atoms with van der Waals surface area (Å²) in [5.41, 5.74) is 1.97. The summed E-state index contributed by atoms with van der Waals surface area (Å²) in [5.74, 6) is 0.765. The van der Waals surface area contributed by atoms with Crippen LogP contribution < -0.4 is 5.32 Å². The Hall–Kier alpha value is -0.540. The van der Waals surface area contributed by atoms with Crippen molar-refractivity contribution in [2.45, 2.75) is 53.1 Å². The summed E-state index contributed by atoms with van der Waals surface area (Å²) in [6.07, 6.45) is 2.43. The molecule has 3 nitrogen and oxygen atoms in total. The predicted molar refractivity (Wildman–Crippen MR) is 73.3 cm³/mol. The molecule has 4 heteroatoms. The van der Waals surface area contributed by atoms with Crippen molar-refractivity contribution >= 4 is 11.6 Å². The fraction of sp³-hybridized carbons (Fsp3) is 0.769. The lowest BCUT2D eigenvalue weighted by Crippen LogP contribution is -2.28. The standard InChI is InChI=1S/C13H24ClN3/c1-6-9(2)7-10(3)15-8-12-13(14)11(4)16-17(12)5/h9-10,15H,6-8H2,1-5H3. The quantitative estimate of drug-likeness (QED) is 0.848. The van der Waals surface area contributed by atoms with Crippen LogP contribution in [0.5, 0.6) is 0 Å². The molecule has 0 aliphatic carbocycles. The van der Waals surface area contributed by atoms with E-state index in [9.17, 15) is 0 Å². The van der Waals surface area contributed by atoms with Gasteiger partial charge in [-0.3, -0.25) is 4.68 Å². The molecule has 0 aliphatic heterocycles. The van der Waals surface area contributed by atoms with Gasteiger partial charge in [-0.05, 0) is 26.2 Å². The molecule has 0 aliphatic rings. The summed E-state index contributed by atoms with van der Waals surface area (Å²) in [7, 11) is 1.94. The largest absolute Gasteiger partial charge is 0.309 e. The summed E-state index contributed by atoms with van der Waals surface area (Å²) in [4.78, 5) is 0. The first kappa shape index (κ1) is 14.5. The zero-order valence-corrected chi connectivity index (χ0v) is 12.3. The lowest BCUT2D eigenvalue weighted by atomic mass is 10.0. The van der Waals surface area contributed by atoms with Crippen LogP contribution in [0.15, 0.2) is 0 Å². The van der Waals surface area contributed by atoms with Crippen LogP contribution in [-0.4, -0.2) is 15.8 Å². The van der Waals surface area contributed by atoms with E-state index in [1.165, 1.54) is 12.8 Å². The van der Waals surface area contributed by atoms with Crippen molar-refractivity contribution < 1.29 is 0 Å². The van der Waals surface area contributed by atoms with Crippen LogP contribution in [0.1, 0.15) is 45.0 Å². The van der Waals surface area contributed by atoms with Gasteiger partial charge < -0.3 is 5.32 Å². The Morgan fingerprint density at radius 1 is 1.41 bits per heavy atom. The number of aromatic nitrogens is 2. The highest BCUT2D eigenvalue weighted by molar-refractivity contribution is 6.31. The Kier molecular flexibility index (Phi) is 5.47. The van der Waals surface area contributed by atoms with E-state index < -0.39 is 0 Å². The number of nitrogens with one attached hydrogen (secondary N) is 1. The van der Waals surface area contributed by atoms with E-state index in [-0.39, 0.29) is 0 Å². The van der Waals surface area contributed by atoms with Gasteiger partial charge in [-0.15, -0.1) is 0 Å². The van der Waals surface area contributed by atoms with Crippen molar-refractivity contribution in [2.75, 3.05) is 0 Å². The van der Waals surface area contributed by atoms with E-state index in [0.29, 0.717) is 6.04 Å². The normalized spacial score (nSPS) is 14.9. The molecule has 1 N–H and O–H groups in total. The Labute approximate surface area is 110 Å². The van der Waals surface area contributed by atoms with E-state index in [1.807, 2.05) is 18.7 Å². The molecule has 0 radical (unpaired) electrons. The lowest BCUT2D eigenvalue weighted by Gasteiger charge is -2.17. The number of nitrogens with zero attached hydrogens (tertiary/aromatic N) is 2. The first-order chi connectivity index (χ1) is 7.95. The molecule has 1 heterocycles. The number of hydrogen-bond acceptors (Lipinski definition) is 2. The first-order valence-corrected chi connectivity index (χ1v) is 6.74. The fourth-order valence-corrected chi connectivity index (χ4v) is 2.22. The zero-order valence-electron chi connectivity index (χ0n) is 11.5. The second kappa shape index (κ2) is 6.41. The maximum absolute atomic E-state index is 6.21. The minimum atomic E-state index is 0.510. The van der Waals surface area contributed by atoms with Crippen molar-refractivity contribution in [3.63, 3.8) is 0 Å². The van der Waals surface area contributed by atoms with Crippen LogP contribution in [0.2, 0.25) is 5.02 Å². The molecule has 0 spiro atoms. The fourth-order valence-electron chi connectivity index (χ4n) is 2.00. The molecular formula is C13H24ClN3. The third-order valence-electron chi connectivity index (χ3n) is 3.33. The van der Waals surface area contributed by atoms with Gasteiger partial charge in [-0.2, -0.15) is 5.10 Å². The van der Waals surface area contributed by atoms with Gasteiger partial charge in [0.15, 0.2) is 0 Å². The van der Waals surface area contributed by atoms with Crippen molar-refractivity contribution in [3.05, 3.63) is 16.4 Å². The molecule has 98 valence electrons. The van der Waals surface area contributed by atoms with Crippen molar-refractivity contribution in [3.8, 4) is 0 Å². The second-order valence-corrected chi connectivity index (χ2v) is 5.38. The molecule has 2 unspecified atom stereocenters. The van der Waals surface area contributed by atoms with Crippen LogP contribution >= 0.6 is 11.6 Å². The molecule has 2 atom stereocenters. The summed E-state index contributed by atoms with van der Waals surface area (Å²) in [5, 5.41) is 8.61. The minimum Gasteiger partial charge on any atom is -0.309 e. The number of rotatable bonds is 6. The highest BCUT2D eigenvalue weighted by Gasteiger charge is 2.12. The smallest absolute Gasteiger partial charge is 0.0860 e. The van der Waals surface area contributed by atoms with Gasteiger partial charge >= 0.3 is 0 Å². The van der Waals surface area contributed by atoms with Gasteiger partial charge in [0.05, 0.1) is 16.4 Å². The molecule has 0 amide bonds. The molecule has 1 rings (SSSR count). The number of aryl methyl sites for hydroxylation is 2. The Morgan fingerprint density at radius 3 is 2.53 bits per heavy atom. The topological polar surface area (TPSA) is 29.9 Å². The summed E-state index contributed by atoms with van der Waals surface area (Å²) < 4.78 is 1.86. The molecule has 1 aromatic rings. The molecule has 0 saturated heterocycles. The van der Waals surface area contributed by atoms with Crippen molar-refractivity contribution in [2.24, 2.45) is 13.0 Å². The zero-order chi connectivity index (χ0) is 13.0. The third kappa shape index (κ3) is 4.00. The Bertz CT molecular complexity index is 360. The molecule has 0 bridgehead atoms. The summed E-state index contributed by atoms with van der Waals surface area (Å²) >= 11 is 6.21. The maximum Gasteiger partial charge on any atom is 0.0860 e. The van der Waals surface area contributed by atoms with E-state index in [1.54, 1.807) is 0 Å². The molecule has 0 aromatic carbocycles. The van der Waals surface area contributed by atoms with Gasteiger partial charge in [0.1, 0.15) is 0 Å². The van der Waals surface area contributed by atoms with Crippen LogP contribution in [0.4, 0.5) is 0 Å². The summed E-state index contributed by atoms with van der Waals surface area (Å²) in [6.45, 7) is 9.48.